The molecule has 1 aromatic carbocycles. The minimum atomic E-state index is -0.604. The zero-order valence-corrected chi connectivity index (χ0v) is 11.5. The second-order valence-corrected chi connectivity index (χ2v) is 5.63. The number of hydrogen-bond acceptors (Lipinski definition) is 5. The van der Waals surface area contributed by atoms with E-state index < -0.39 is 11.2 Å². The van der Waals surface area contributed by atoms with E-state index in [1.807, 2.05) is 0 Å². The molecule has 0 aliphatic rings. The summed E-state index contributed by atoms with van der Waals surface area (Å²) in [6.07, 6.45) is 0. The number of aromatic hydroxyl groups is 1. The first-order valence-electron chi connectivity index (χ1n) is 5.33. The second-order valence-electron chi connectivity index (χ2n) is 3.96. The van der Waals surface area contributed by atoms with Crippen LogP contribution in [0.4, 0.5) is 5.69 Å². The number of halogens is 1. The summed E-state index contributed by atoms with van der Waals surface area (Å²) < 4.78 is 0. The van der Waals surface area contributed by atoms with Crippen LogP contribution in [0.15, 0.2) is 29.1 Å². The van der Waals surface area contributed by atoms with E-state index in [0.717, 1.165) is 11.3 Å². The van der Waals surface area contributed by atoms with Gasteiger partial charge in [-0.05, 0) is 31.2 Å². The number of carbonyl (C=O) groups excluding carboxylic acids is 1. The summed E-state index contributed by atoms with van der Waals surface area (Å²) in [6, 6.07) is 5.67. The van der Waals surface area contributed by atoms with Gasteiger partial charge in [0.1, 0.15) is 5.56 Å². The highest BCUT2D eigenvalue weighted by molar-refractivity contribution is 7.13. The molecule has 2 rings (SSSR count). The van der Waals surface area contributed by atoms with E-state index in [4.69, 9.17) is 17.3 Å². The quantitative estimate of drug-likeness (QED) is 0.659. The smallest absolute Gasteiger partial charge is 0.203 e. The summed E-state index contributed by atoms with van der Waals surface area (Å²) >= 11 is 6.72. The van der Waals surface area contributed by atoms with Crippen molar-refractivity contribution in [1.29, 1.82) is 0 Å². The molecule has 4 nitrogen and oxygen atoms in total. The lowest BCUT2D eigenvalue weighted by atomic mass is 10.0. The zero-order chi connectivity index (χ0) is 14.2. The third-order valence-corrected chi connectivity index (χ3v) is 3.61. The molecule has 1 aromatic heterocycles. The molecule has 0 bridgehead atoms. The average Bonchev–Trinajstić information content (AvgIpc) is 2.26. The van der Waals surface area contributed by atoms with Crippen molar-refractivity contribution >= 4 is 34.4 Å². The lowest BCUT2D eigenvalue weighted by molar-refractivity contribution is 0.103. The minimum absolute atomic E-state index is 0.146. The molecule has 98 valence electrons. The molecule has 6 heteroatoms. The Kier molecular flexibility index (Phi) is 3.59. The van der Waals surface area contributed by atoms with Gasteiger partial charge < -0.3 is 10.8 Å². The number of carbonyl (C=O) groups is 1. The predicted molar refractivity (Wildman–Crippen MR) is 76.3 cm³/mol. The molecule has 0 spiro atoms. The molecular formula is C13H10ClNO3S. The molecular weight excluding hydrogens is 286 g/mol. The van der Waals surface area contributed by atoms with E-state index in [0.29, 0.717) is 9.90 Å². The molecule has 0 aliphatic carbocycles. The molecule has 1 heterocycles. The minimum Gasteiger partial charge on any atom is -0.499 e. The molecule has 0 radical (unpaired) electrons. The van der Waals surface area contributed by atoms with Crippen LogP contribution in [-0.2, 0) is 0 Å². The van der Waals surface area contributed by atoms with Gasteiger partial charge in [-0.15, -0.1) is 11.3 Å². The van der Waals surface area contributed by atoms with Crippen LogP contribution >= 0.6 is 22.9 Å². The Morgan fingerprint density at radius 2 is 2.05 bits per heavy atom. The Morgan fingerprint density at radius 1 is 1.37 bits per heavy atom. The van der Waals surface area contributed by atoms with Gasteiger partial charge in [0.25, 0.3) is 0 Å². The second kappa shape index (κ2) is 5.03. The summed E-state index contributed by atoms with van der Waals surface area (Å²) in [7, 11) is 0. The number of hydrogen-bond donors (Lipinski definition) is 2. The largest absolute Gasteiger partial charge is 0.499 e. The molecule has 0 saturated carbocycles. The Hall–Kier alpha value is -1.85. The third kappa shape index (κ3) is 2.62. The number of rotatable bonds is 2. The number of aryl methyl sites for hydroxylation is 1. The normalized spacial score (nSPS) is 10.4. The summed E-state index contributed by atoms with van der Waals surface area (Å²) in [5.41, 5.74) is 5.24. The van der Waals surface area contributed by atoms with E-state index in [1.54, 1.807) is 6.92 Å². The number of nitrogen functional groups attached to an aromatic ring is 1. The number of benzene rings is 1. The van der Waals surface area contributed by atoms with Crippen molar-refractivity contribution in [2.45, 2.75) is 6.92 Å². The van der Waals surface area contributed by atoms with Gasteiger partial charge >= 0.3 is 0 Å². The summed E-state index contributed by atoms with van der Waals surface area (Å²) in [6.45, 7) is 1.68. The number of anilines is 1. The van der Waals surface area contributed by atoms with Crippen molar-refractivity contribution < 1.29 is 9.90 Å². The Morgan fingerprint density at radius 3 is 2.63 bits per heavy atom. The van der Waals surface area contributed by atoms with Gasteiger partial charge in [0.2, 0.25) is 5.78 Å². The van der Waals surface area contributed by atoms with E-state index in [-0.39, 0.29) is 21.9 Å². The molecule has 0 atom stereocenters. The summed E-state index contributed by atoms with van der Waals surface area (Å²) in [5.74, 6) is -0.604. The van der Waals surface area contributed by atoms with Gasteiger partial charge in [0.15, 0.2) is 10.5 Å². The zero-order valence-electron chi connectivity index (χ0n) is 9.94. The molecule has 19 heavy (non-hydrogen) atoms. The fourth-order valence-corrected chi connectivity index (χ4v) is 2.63. The SMILES string of the molecule is Cc1cc(=O)c(C(=O)c2ccc(Cl)cc2N)c(O)s1. The Balaban J connectivity index is 2.60. The van der Waals surface area contributed by atoms with Crippen LogP contribution < -0.4 is 11.2 Å². The van der Waals surface area contributed by atoms with Gasteiger partial charge in [-0.25, -0.2) is 0 Å². The lowest BCUT2D eigenvalue weighted by Crippen LogP contribution is -2.16. The topological polar surface area (TPSA) is 80.4 Å². The molecule has 2 aromatic rings. The standard InChI is InChI=1S/C13H10ClNO3S/c1-6-4-10(16)11(13(18)19-6)12(17)8-3-2-7(14)5-9(8)15/h2-5,18H,15H2,1H3. The molecule has 0 unspecified atom stereocenters. The van der Waals surface area contributed by atoms with Gasteiger partial charge in [0, 0.05) is 21.2 Å². The molecule has 0 amide bonds. The fourth-order valence-electron chi connectivity index (χ4n) is 1.68. The van der Waals surface area contributed by atoms with Crippen molar-refractivity contribution in [2.24, 2.45) is 0 Å². The first-order chi connectivity index (χ1) is 8.90. The maximum Gasteiger partial charge on any atom is 0.203 e. The maximum absolute atomic E-state index is 12.3. The first-order valence-corrected chi connectivity index (χ1v) is 6.53. The van der Waals surface area contributed by atoms with Crippen LogP contribution in [0.25, 0.3) is 0 Å². The van der Waals surface area contributed by atoms with E-state index in [2.05, 4.69) is 0 Å². The van der Waals surface area contributed by atoms with E-state index >= 15 is 0 Å². The molecule has 0 saturated heterocycles. The highest BCUT2D eigenvalue weighted by Crippen LogP contribution is 2.27. The van der Waals surface area contributed by atoms with Crippen LogP contribution in [0, 0.1) is 6.92 Å². The van der Waals surface area contributed by atoms with Crippen LogP contribution in [0.2, 0.25) is 5.02 Å². The Labute approximate surface area is 118 Å². The third-order valence-electron chi connectivity index (χ3n) is 2.54. The van der Waals surface area contributed by atoms with Gasteiger partial charge in [-0.3, -0.25) is 9.59 Å². The van der Waals surface area contributed by atoms with Crippen LogP contribution in [0.3, 0.4) is 0 Å². The van der Waals surface area contributed by atoms with Crippen molar-refractivity contribution in [3.05, 3.63) is 55.5 Å². The maximum atomic E-state index is 12.3. The Bertz CT molecular complexity index is 724. The molecule has 3 N–H and O–H groups in total. The van der Waals surface area contributed by atoms with Crippen molar-refractivity contribution in [1.82, 2.24) is 0 Å². The molecule has 0 aliphatic heterocycles. The predicted octanol–water partition coefficient (Wildman–Crippen LogP) is 2.59. The van der Waals surface area contributed by atoms with Gasteiger partial charge in [0.05, 0.1) is 0 Å². The first kappa shape index (κ1) is 13.6. The van der Waals surface area contributed by atoms with Crippen molar-refractivity contribution in [3.63, 3.8) is 0 Å². The fraction of sp³-hybridized carbons (Fsp3) is 0.0769. The summed E-state index contributed by atoms with van der Waals surface area (Å²) in [4.78, 5) is 24.7. The summed E-state index contributed by atoms with van der Waals surface area (Å²) in [5, 5.41) is 9.87. The van der Waals surface area contributed by atoms with E-state index in [1.165, 1.54) is 24.3 Å². The monoisotopic (exact) mass is 295 g/mol. The van der Waals surface area contributed by atoms with Crippen LogP contribution in [-0.4, -0.2) is 10.9 Å². The number of ketones is 1. The average molecular weight is 296 g/mol. The van der Waals surface area contributed by atoms with Crippen molar-refractivity contribution in [3.8, 4) is 5.06 Å². The highest BCUT2D eigenvalue weighted by Gasteiger charge is 2.20. The van der Waals surface area contributed by atoms with E-state index in [9.17, 15) is 14.7 Å². The number of nitrogens with two attached hydrogens (primary N) is 1. The lowest BCUT2D eigenvalue weighted by Gasteiger charge is -2.06. The van der Waals surface area contributed by atoms with Crippen LogP contribution in [0.1, 0.15) is 20.8 Å². The van der Waals surface area contributed by atoms with Gasteiger partial charge in [-0.2, -0.15) is 0 Å². The highest BCUT2D eigenvalue weighted by atomic mass is 35.5. The van der Waals surface area contributed by atoms with Crippen molar-refractivity contribution in [2.75, 3.05) is 5.73 Å². The van der Waals surface area contributed by atoms with Crippen LogP contribution in [0.5, 0.6) is 5.06 Å². The molecule has 0 fully saturated rings. The van der Waals surface area contributed by atoms with Gasteiger partial charge in [-0.1, -0.05) is 11.6 Å².